The van der Waals surface area contributed by atoms with Crippen molar-refractivity contribution in [1.29, 1.82) is 0 Å². The number of phenolic OH excluding ortho intramolecular Hbond substituents is 1. The van der Waals surface area contributed by atoms with Crippen molar-refractivity contribution in [2.24, 2.45) is 0 Å². The van der Waals surface area contributed by atoms with Crippen molar-refractivity contribution in [3.63, 3.8) is 0 Å². The zero-order valence-corrected chi connectivity index (χ0v) is 15.7. The lowest BCUT2D eigenvalue weighted by Crippen LogP contribution is -2.26. The lowest BCUT2D eigenvalue weighted by molar-refractivity contribution is 0.239. The average molecular weight is 367 g/mol. The molecule has 5 heteroatoms. The zero-order chi connectivity index (χ0) is 17.5. The van der Waals surface area contributed by atoms with E-state index in [1.807, 2.05) is 24.3 Å². The number of benzene rings is 2. The van der Waals surface area contributed by atoms with Crippen LogP contribution in [0.25, 0.3) is 0 Å². The first-order chi connectivity index (χ1) is 11.4. The summed E-state index contributed by atoms with van der Waals surface area (Å²) in [6.07, 6.45) is 1.09. The van der Waals surface area contributed by atoms with Gasteiger partial charge in [0.1, 0.15) is 5.75 Å². The molecule has 0 amide bonds. The molecule has 0 atom stereocenters. The van der Waals surface area contributed by atoms with E-state index in [4.69, 9.17) is 23.2 Å². The van der Waals surface area contributed by atoms with Gasteiger partial charge in [-0.1, -0.05) is 41.4 Å². The standard InChI is InChI=1S/C19H24Cl2N2O/c1-22(2)10-3-11-23(13-15-4-7-17(20)8-5-15)14-16-6-9-19(24)18(21)12-16/h4-9,12,24H,3,10-11,13-14H2,1-2H3. The summed E-state index contributed by atoms with van der Waals surface area (Å²) >= 11 is 12.0. The Morgan fingerprint density at radius 1 is 0.875 bits per heavy atom. The summed E-state index contributed by atoms with van der Waals surface area (Å²) in [5, 5.41) is 10.7. The second-order valence-corrected chi connectivity index (χ2v) is 7.12. The Hall–Kier alpha value is -1.26. The van der Waals surface area contributed by atoms with Crippen molar-refractivity contribution >= 4 is 23.2 Å². The number of nitrogens with zero attached hydrogens (tertiary/aromatic N) is 2. The quantitative estimate of drug-likeness (QED) is 0.736. The molecule has 0 radical (unpaired) electrons. The first-order valence-corrected chi connectivity index (χ1v) is 8.78. The lowest BCUT2D eigenvalue weighted by Gasteiger charge is -2.23. The molecule has 0 aliphatic carbocycles. The third kappa shape index (κ3) is 6.33. The average Bonchev–Trinajstić information content (AvgIpc) is 2.52. The molecule has 0 unspecified atom stereocenters. The number of hydrogen-bond donors (Lipinski definition) is 1. The van der Waals surface area contributed by atoms with E-state index in [9.17, 15) is 5.11 Å². The third-order valence-electron chi connectivity index (χ3n) is 3.82. The minimum Gasteiger partial charge on any atom is -0.506 e. The topological polar surface area (TPSA) is 26.7 Å². The number of phenols is 1. The predicted octanol–water partition coefficient (Wildman–Crippen LogP) is 4.65. The zero-order valence-electron chi connectivity index (χ0n) is 14.2. The van der Waals surface area contributed by atoms with Gasteiger partial charge in [-0.05, 0) is 62.5 Å². The van der Waals surface area contributed by atoms with Gasteiger partial charge in [-0.25, -0.2) is 0 Å². The van der Waals surface area contributed by atoms with Gasteiger partial charge in [0.2, 0.25) is 0 Å². The van der Waals surface area contributed by atoms with Crippen molar-refractivity contribution in [2.45, 2.75) is 19.5 Å². The molecule has 3 nitrogen and oxygen atoms in total. The Balaban J connectivity index is 2.05. The Labute approximate surface area is 154 Å². The molecule has 1 N–H and O–H groups in total. The normalized spacial score (nSPS) is 11.4. The molecule has 2 rings (SSSR count). The largest absolute Gasteiger partial charge is 0.506 e. The molecule has 0 aromatic heterocycles. The van der Waals surface area contributed by atoms with E-state index in [0.717, 1.165) is 43.2 Å². The fourth-order valence-electron chi connectivity index (χ4n) is 2.58. The van der Waals surface area contributed by atoms with E-state index in [2.05, 4.69) is 36.0 Å². The monoisotopic (exact) mass is 366 g/mol. The maximum Gasteiger partial charge on any atom is 0.134 e. The van der Waals surface area contributed by atoms with Crippen molar-refractivity contribution in [2.75, 3.05) is 27.2 Å². The Kier molecular flexibility index (Phi) is 7.38. The van der Waals surface area contributed by atoms with Crippen LogP contribution in [-0.4, -0.2) is 42.1 Å². The summed E-state index contributed by atoms with van der Waals surface area (Å²) in [6.45, 7) is 3.67. The molecule has 0 saturated carbocycles. The van der Waals surface area contributed by atoms with Gasteiger partial charge in [0.15, 0.2) is 0 Å². The highest BCUT2D eigenvalue weighted by Crippen LogP contribution is 2.24. The highest BCUT2D eigenvalue weighted by atomic mass is 35.5. The summed E-state index contributed by atoms with van der Waals surface area (Å²) in [5.74, 6) is 0.122. The van der Waals surface area contributed by atoms with Crippen LogP contribution in [0.3, 0.4) is 0 Å². The van der Waals surface area contributed by atoms with Crippen LogP contribution in [0.1, 0.15) is 17.5 Å². The molecular weight excluding hydrogens is 343 g/mol. The Bertz CT molecular complexity index is 644. The molecule has 0 spiro atoms. The second-order valence-electron chi connectivity index (χ2n) is 6.28. The molecule has 0 fully saturated rings. The van der Waals surface area contributed by atoms with Crippen LogP contribution in [0.5, 0.6) is 5.75 Å². The summed E-state index contributed by atoms with van der Waals surface area (Å²) in [4.78, 5) is 4.58. The van der Waals surface area contributed by atoms with Crippen LogP contribution >= 0.6 is 23.2 Å². The molecule has 130 valence electrons. The Morgan fingerprint density at radius 2 is 1.50 bits per heavy atom. The molecular formula is C19H24Cl2N2O. The van der Waals surface area contributed by atoms with Crippen molar-refractivity contribution in [3.05, 3.63) is 63.6 Å². The van der Waals surface area contributed by atoms with Gasteiger partial charge in [0, 0.05) is 24.7 Å². The molecule has 0 aliphatic heterocycles. The predicted molar refractivity (Wildman–Crippen MR) is 102 cm³/mol. The number of hydrogen-bond acceptors (Lipinski definition) is 3. The highest BCUT2D eigenvalue weighted by molar-refractivity contribution is 6.32. The van der Waals surface area contributed by atoms with Crippen LogP contribution in [-0.2, 0) is 13.1 Å². The first-order valence-electron chi connectivity index (χ1n) is 8.03. The second kappa shape index (κ2) is 9.28. The van der Waals surface area contributed by atoms with E-state index in [1.165, 1.54) is 5.56 Å². The summed E-state index contributed by atoms with van der Waals surface area (Å²) < 4.78 is 0. The van der Waals surface area contributed by atoms with E-state index in [1.54, 1.807) is 6.07 Å². The number of aromatic hydroxyl groups is 1. The molecule has 0 saturated heterocycles. The minimum absolute atomic E-state index is 0.122. The van der Waals surface area contributed by atoms with Crippen molar-refractivity contribution < 1.29 is 5.11 Å². The van der Waals surface area contributed by atoms with Gasteiger partial charge in [-0.15, -0.1) is 0 Å². The number of rotatable bonds is 8. The molecule has 0 bridgehead atoms. The molecule has 24 heavy (non-hydrogen) atoms. The molecule has 2 aromatic carbocycles. The first kappa shape index (κ1) is 19.1. The maximum atomic E-state index is 9.58. The van der Waals surface area contributed by atoms with Crippen molar-refractivity contribution in [3.8, 4) is 5.75 Å². The summed E-state index contributed by atoms with van der Waals surface area (Å²) in [6, 6.07) is 13.4. The van der Waals surface area contributed by atoms with E-state index >= 15 is 0 Å². The molecule has 2 aromatic rings. The van der Waals surface area contributed by atoms with Gasteiger partial charge in [-0.3, -0.25) is 4.90 Å². The van der Waals surface area contributed by atoms with E-state index in [0.29, 0.717) is 5.02 Å². The summed E-state index contributed by atoms with van der Waals surface area (Å²) in [7, 11) is 4.17. The summed E-state index contributed by atoms with van der Waals surface area (Å²) in [5.41, 5.74) is 2.32. The van der Waals surface area contributed by atoms with Gasteiger partial charge in [0.25, 0.3) is 0 Å². The van der Waals surface area contributed by atoms with Gasteiger partial charge in [-0.2, -0.15) is 0 Å². The highest BCUT2D eigenvalue weighted by Gasteiger charge is 2.09. The van der Waals surface area contributed by atoms with Crippen molar-refractivity contribution in [1.82, 2.24) is 9.80 Å². The van der Waals surface area contributed by atoms with E-state index < -0.39 is 0 Å². The third-order valence-corrected chi connectivity index (χ3v) is 4.37. The maximum absolute atomic E-state index is 9.58. The molecule has 0 aliphatic rings. The molecule has 0 heterocycles. The van der Waals surface area contributed by atoms with Gasteiger partial charge >= 0.3 is 0 Å². The van der Waals surface area contributed by atoms with Gasteiger partial charge in [0.05, 0.1) is 5.02 Å². The van der Waals surface area contributed by atoms with Gasteiger partial charge < -0.3 is 10.0 Å². The fourth-order valence-corrected chi connectivity index (χ4v) is 2.91. The van der Waals surface area contributed by atoms with Crippen LogP contribution in [0, 0.1) is 0 Å². The van der Waals surface area contributed by atoms with E-state index in [-0.39, 0.29) is 5.75 Å². The van der Waals surface area contributed by atoms with Crippen LogP contribution in [0.15, 0.2) is 42.5 Å². The minimum atomic E-state index is 0.122. The van der Waals surface area contributed by atoms with Crippen LogP contribution < -0.4 is 0 Å². The van der Waals surface area contributed by atoms with Crippen LogP contribution in [0.4, 0.5) is 0 Å². The lowest BCUT2D eigenvalue weighted by atomic mass is 10.1. The smallest absolute Gasteiger partial charge is 0.134 e. The fraction of sp³-hybridized carbons (Fsp3) is 0.368. The SMILES string of the molecule is CN(C)CCCN(Cc1ccc(Cl)cc1)Cc1ccc(O)c(Cl)c1. The Morgan fingerprint density at radius 3 is 2.12 bits per heavy atom. The number of halogens is 2. The van der Waals surface area contributed by atoms with Crippen LogP contribution in [0.2, 0.25) is 10.0 Å².